The number of amides is 1. The van der Waals surface area contributed by atoms with E-state index in [2.05, 4.69) is 29.0 Å². The van der Waals surface area contributed by atoms with Gasteiger partial charge in [0, 0.05) is 19.3 Å². The van der Waals surface area contributed by atoms with Gasteiger partial charge in [0.05, 0.1) is 23.8 Å². The molecule has 0 saturated carbocycles. The van der Waals surface area contributed by atoms with Crippen LogP contribution in [0.25, 0.3) is 0 Å². The maximum absolute atomic E-state index is 13.1. The summed E-state index contributed by atoms with van der Waals surface area (Å²) in [5.41, 5.74) is 7.40. The smallest absolute Gasteiger partial charge is 0.257 e. The van der Waals surface area contributed by atoms with Crippen LogP contribution in [-0.2, 0) is 7.05 Å². The molecular weight excluding hydrogens is 318 g/mol. The summed E-state index contributed by atoms with van der Waals surface area (Å²) in [4.78, 5) is 19.3. The van der Waals surface area contributed by atoms with E-state index in [4.69, 9.17) is 5.73 Å². The van der Waals surface area contributed by atoms with Gasteiger partial charge in [0.25, 0.3) is 5.91 Å². The van der Waals surface area contributed by atoms with E-state index in [1.54, 1.807) is 17.9 Å². The molecule has 8 heteroatoms. The Labute approximate surface area is 148 Å². The van der Waals surface area contributed by atoms with Gasteiger partial charge in [-0.05, 0) is 32.6 Å². The topological polar surface area (TPSA) is 94.9 Å². The van der Waals surface area contributed by atoms with Crippen LogP contribution in [0.2, 0.25) is 0 Å². The SMILES string of the molecule is CCC(CC)n1ncc(C(=O)N2CCC[C@H]2c2nc(N)n(C)n2)c1C. The maximum atomic E-state index is 13.1. The molecule has 3 rings (SSSR count). The second kappa shape index (κ2) is 6.85. The van der Waals surface area contributed by atoms with Crippen LogP contribution in [0, 0.1) is 6.92 Å². The largest absolute Gasteiger partial charge is 0.368 e. The first-order chi connectivity index (χ1) is 12.0. The average Bonchev–Trinajstić information content (AvgIpc) is 3.29. The number of hydrogen-bond acceptors (Lipinski definition) is 5. The van der Waals surface area contributed by atoms with E-state index >= 15 is 0 Å². The number of aromatic nitrogens is 5. The van der Waals surface area contributed by atoms with Crippen LogP contribution in [0.5, 0.6) is 0 Å². The lowest BCUT2D eigenvalue weighted by atomic mass is 10.1. The Morgan fingerprint density at radius 3 is 2.72 bits per heavy atom. The van der Waals surface area contributed by atoms with Gasteiger partial charge in [-0.15, -0.1) is 0 Å². The van der Waals surface area contributed by atoms with Crippen LogP contribution in [0.3, 0.4) is 0 Å². The highest BCUT2D eigenvalue weighted by molar-refractivity contribution is 5.95. The van der Waals surface area contributed by atoms with Crippen molar-refractivity contribution >= 4 is 11.9 Å². The van der Waals surface area contributed by atoms with Gasteiger partial charge in [0.2, 0.25) is 5.95 Å². The summed E-state index contributed by atoms with van der Waals surface area (Å²) in [5.74, 6) is 0.992. The molecule has 1 aliphatic rings. The summed E-state index contributed by atoms with van der Waals surface area (Å²) in [6.07, 6.45) is 5.49. The Kier molecular flexibility index (Phi) is 4.78. The van der Waals surface area contributed by atoms with Gasteiger partial charge in [0.1, 0.15) is 0 Å². The standard InChI is InChI=1S/C17H27N7O/c1-5-12(6-2)24-11(3)13(10-19-24)16(25)23-9-7-8-14(23)15-20-17(18)22(4)21-15/h10,12,14H,5-9H2,1-4H3,(H2,18,20,21)/t14-/m0/s1. The summed E-state index contributed by atoms with van der Waals surface area (Å²) in [6.45, 7) is 6.97. The van der Waals surface area contributed by atoms with Crippen molar-refractivity contribution in [1.82, 2.24) is 29.4 Å². The quantitative estimate of drug-likeness (QED) is 0.897. The first kappa shape index (κ1) is 17.4. The van der Waals surface area contributed by atoms with Crippen LogP contribution >= 0.6 is 0 Å². The molecule has 1 atom stereocenters. The van der Waals surface area contributed by atoms with Crippen molar-refractivity contribution in [2.45, 2.75) is 58.5 Å². The Bertz CT molecular complexity index is 740. The fourth-order valence-corrected chi connectivity index (χ4v) is 3.63. The zero-order valence-corrected chi connectivity index (χ0v) is 15.4. The highest BCUT2D eigenvalue weighted by atomic mass is 16.2. The van der Waals surface area contributed by atoms with Crippen LogP contribution < -0.4 is 5.73 Å². The molecule has 0 bridgehead atoms. The zero-order valence-electron chi connectivity index (χ0n) is 15.4. The van der Waals surface area contributed by atoms with Crippen molar-refractivity contribution < 1.29 is 4.79 Å². The van der Waals surface area contributed by atoms with Crippen LogP contribution in [0.15, 0.2) is 6.20 Å². The third-order valence-corrected chi connectivity index (χ3v) is 5.19. The molecule has 2 aromatic rings. The van der Waals surface area contributed by atoms with Crippen LogP contribution in [-0.4, -0.2) is 41.9 Å². The lowest BCUT2D eigenvalue weighted by molar-refractivity contribution is 0.0728. The Hall–Kier alpha value is -2.38. The van der Waals surface area contributed by atoms with Gasteiger partial charge < -0.3 is 10.6 Å². The number of aryl methyl sites for hydroxylation is 1. The van der Waals surface area contributed by atoms with E-state index in [0.717, 1.165) is 31.4 Å². The summed E-state index contributed by atoms with van der Waals surface area (Å²) in [6, 6.07) is 0.208. The Morgan fingerprint density at radius 2 is 2.12 bits per heavy atom. The van der Waals surface area contributed by atoms with Crippen molar-refractivity contribution in [2.24, 2.45) is 7.05 Å². The lowest BCUT2D eigenvalue weighted by Crippen LogP contribution is -2.31. The number of anilines is 1. The molecule has 1 saturated heterocycles. The Morgan fingerprint density at radius 1 is 1.40 bits per heavy atom. The molecule has 0 aliphatic carbocycles. The number of likely N-dealkylation sites (tertiary alicyclic amines) is 1. The van der Waals surface area contributed by atoms with Gasteiger partial charge >= 0.3 is 0 Å². The normalized spacial score (nSPS) is 17.6. The van der Waals surface area contributed by atoms with Crippen molar-refractivity contribution in [3.05, 3.63) is 23.3 Å². The van der Waals surface area contributed by atoms with E-state index in [9.17, 15) is 4.79 Å². The second-order valence-electron chi connectivity index (χ2n) is 6.67. The fraction of sp³-hybridized carbons (Fsp3) is 0.647. The van der Waals surface area contributed by atoms with E-state index in [1.807, 2.05) is 16.5 Å². The van der Waals surface area contributed by atoms with Crippen LogP contribution in [0.4, 0.5) is 5.95 Å². The molecule has 1 aliphatic heterocycles. The third kappa shape index (κ3) is 3.01. The summed E-state index contributed by atoms with van der Waals surface area (Å²) in [7, 11) is 1.76. The molecule has 1 amide bonds. The number of hydrogen-bond donors (Lipinski definition) is 1. The third-order valence-electron chi connectivity index (χ3n) is 5.19. The summed E-state index contributed by atoms with van der Waals surface area (Å²) >= 11 is 0. The second-order valence-corrected chi connectivity index (χ2v) is 6.67. The molecule has 8 nitrogen and oxygen atoms in total. The molecule has 2 N–H and O–H groups in total. The minimum absolute atomic E-state index is 0.00299. The monoisotopic (exact) mass is 345 g/mol. The molecule has 0 aromatic carbocycles. The predicted molar refractivity (Wildman–Crippen MR) is 95.0 cm³/mol. The van der Waals surface area contributed by atoms with E-state index in [0.29, 0.717) is 29.9 Å². The molecule has 1 fully saturated rings. The minimum atomic E-state index is -0.119. The zero-order chi connectivity index (χ0) is 18.1. The van der Waals surface area contributed by atoms with Gasteiger partial charge in [-0.2, -0.15) is 15.2 Å². The highest BCUT2D eigenvalue weighted by Gasteiger charge is 2.35. The predicted octanol–water partition coefficient (Wildman–Crippen LogP) is 2.24. The first-order valence-corrected chi connectivity index (χ1v) is 8.99. The lowest BCUT2D eigenvalue weighted by Gasteiger charge is -2.22. The minimum Gasteiger partial charge on any atom is -0.368 e. The molecule has 3 heterocycles. The van der Waals surface area contributed by atoms with Crippen molar-refractivity contribution in [3.8, 4) is 0 Å². The Balaban J connectivity index is 1.87. The number of nitrogens with two attached hydrogens (primary N) is 1. The van der Waals surface area contributed by atoms with Crippen molar-refractivity contribution in [3.63, 3.8) is 0 Å². The number of carbonyl (C=O) groups is 1. The molecular formula is C17H27N7O. The number of carbonyl (C=O) groups excluding carboxylic acids is 1. The van der Waals surface area contributed by atoms with Gasteiger partial charge in [0.15, 0.2) is 5.82 Å². The molecule has 25 heavy (non-hydrogen) atoms. The van der Waals surface area contributed by atoms with Gasteiger partial charge in [-0.3, -0.25) is 9.48 Å². The van der Waals surface area contributed by atoms with E-state index < -0.39 is 0 Å². The van der Waals surface area contributed by atoms with Gasteiger partial charge in [-0.1, -0.05) is 13.8 Å². The maximum Gasteiger partial charge on any atom is 0.257 e. The van der Waals surface area contributed by atoms with Gasteiger partial charge in [-0.25, -0.2) is 4.68 Å². The average molecular weight is 345 g/mol. The molecule has 0 spiro atoms. The summed E-state index contributed by atoms with van der Waals surface area (Å²) in [5, 5.41) is 8.85. The molecule has 136 valence electrons. The number of nitrogens with zero attached hydrogens (tertiary/aromatic N) is 6. The van der Waals surface area contributed by atoms with Crippen LogP contribution in [0.1, 0.15) is 73.5 Å². The van der Waals surface area contributed by atoms with E-state index in [-0.39, 0.29) is 11.9 Å². The molecule has 0 radical (unpaired) electrons. The molecule has 0 unspecified atom stereocenters. The first-order valence-electron chi connectivity index (χ1n) is 8.99. The van der Waals surface area contributed by atoms with Crippen molar-refractivity contribution in [2.75, 3.05) is 12.3 Å². The fourth-order valence-electron chi connectivity index (χ4n) is 3.63. The number of nitrogen functional groups attached to an aromatic ring is 1. The van der Waals surface area contributed by atoms with E-state index in [1.165, 1.54) is 0 Å². The highest BCUT2D eigenvalue weighted by Crippen LogP contribution is 2.32. The molecule has 2 aromatic heterocycles. The summed E-state index contributed by atoms with van der Waals surface area (Å²) < 4.78 is 3.53. The number of rotatable bonds is 5. The van der Waals surface area contributed by atoms with Crippen molar-refractivity contribution in [1.29, 1.82) is 0 Å².